The smallest absolute Gasteiger partial charge is 0.170 e. The number of rotatable bonds is 5. The molecule has 3 aromatic rings. The Bertz CT molecular complexity index is 1010. The molecular weight excluding hydrogens is 376 g/mol. The molecule has 1 saturated heterocycles. The van der Waals surface area contributed by atoms with Crippen molar-refractivity contribution in [3.8, 4) is 5.69 Å². The Morgan fingerprint density at radius 1 is 1.07 bits per heavy atom. The van der Waals surface area contributed by atoms with Crippen LogP contribution in [0.5, 0.6) is 0 Å². The summed E-state index contributed by atoms with van der Waals surface area (Å²) in [6, 6.07) is 17.1. The maximum Gasteiger partial charge on any atom is 0.170 e. The van der Waals surface area contributed by atoms with Crippen LogP contribution in [-0.2, 0) is 0 Å². The molecule has 0 radical (unpaired) electrons. The van der Waals surface area contributed by atoms with Crippen LogP contribution in [0.4, 0.5) is 0 Å². The van der Waals surface area contributed by atoms with Gasteiger partial charge in [0.1, 0.15) is 0 Å². The molecule has 1 aliphatic rings. The van der Waals surface area contributed by atoms with E-state index in [1.165, 1.54) is 22.5 Å². The van der Waals surface area contributed by atoms with Gasteiger partial charge in [-0.25, -0.2) is 0 Å². The fraction of sp³-hybridized carbons (Fsp3) is 0.333. The lowest BCUT2D eigenvalue weighted by molar-refractivity contribution is 0.280. The third kappa shape index (κ3) is 3.79. The maximum atomic E-state index is 5.76. The fourth-order valence-corrected chi connectivity index (χ4v) is 4.38. The van der Waals surface area contributed by atoms with Gasteiger partial charge in [-0.05, 0) is 79.5 Å². The minimum Gasteiger partial charge on any atom is -0.352 e. The van der Waals surface area contributed by atoms with Crippen molar-refractivity contribution in [2.75, 3.05) is 6.54 Å². The molecule has 3 heterocycles. The molecule has 1 N–H and O–H groups in total. The normalized spacial score (nSPS) is 19.1. The van der Waals surface area contributed by atoms with Gasteiger partial charge in [0, 0.05) is 30.3 Å². The number of aryl methyl sites for hydroxylation is 2. The van der Waals surface area contributed by atoms with Gasteiger partial charge in [-0.2, -0.15) is 0 Å². The van der Waals surface area contributed by atoms with E-state index in [0.29, 0.717) is 5.92 Å². The fourth-order valence-electron chi connectivity index (χ4n) is 4.06. The predicted molar refractivity (Wildman–Crippen MR) is 122 cm³/mol. The summed E-state index contributed by atoms with van der Waals surface area (Å²) in [5.41, 5.74) is 6.01. The lowest BCUT2D eigenvalue weighted by Crippen LogP contribution is -2.33. The number of hydrogen-bond donors (Lipinski definition) is 1. The average molecular weight is 405 g/mol. The van der Waals surface area contributed by atoms with Crippen molar-refractivity contribution < 1.29 is 0 Å². The highest BCUT2D eigenvalue weighted by Crippen LogP contribution is 2.40. The monoisotopic (exact) mass is 404 g/mol. The first kappa shape index (κ1) is 19.6. The zero-order valence-corrected chi connectivity index (χ0v) is 18.3. The van der Waals surface area contributed by atoms with E-state index >= 15 is 0 Å². The largest absolute Gasteiger partial charge is 0.352 e. The van der Waals surface area contributed by atoms with Crippen molar-refractivity contribution in [3.63, 3.8) is 0 Å². The summed E-state index contributed by atoms with van der Waals surface area (Å²) in [6.07, 6.45) is 3.99. The zero-order chi connectivity index (χ0) is 20.5. The summed E-state index contributed by atoms with van der Waals surface area (Å²) in [5, 5.41) is 4.34. The van der Waals surface area contributed by atoms with Gasteiger partial charge in [-0.1, -0.05) is 26.0 Å². The van der Waals surface area contributed by atoms with Crippen LogP contribution < -0.4 is 5.32 Å². The molecule has 2 atom stereocenters. The second kappa shape index (κ2) is 7.99. The van der Waals surface area contributed by atoms with Crippen molar-refractivity contribution in [2.24, 2.45) is 5.92 Å². The minimum absolute atomic E-state index is 0.0163. The van der Waals surface area contributed by atoms with E-state index in [0.717, 1.165) is 17.4 Å². The molecule has 4 nitrogen and oxygen atoms in total. The van der Waals surface area contributed by atoms with Crippen molar-refractivity contribution in [1.29, 1.82) is 0 Å². The summed E-state index contributed by atoms with van der Waals surface area (Å²) in [5.74, 6) is 0.504. The van der Waals surface area contributed by atoms with Gasteiger partial charge in [0.2, 0.25) is 0 Å². The van der Waals surface area contributed by atoms with E-state index in [1.54, 1.807) is 0 Å². The molecule has 2 aromatic heterocycles. The van der Waals surface area contributed by atoms with Crippen LogP contribution in [-0.4, -0.2) is 26.1 Å². The van der Waals surface area contributed by atoms with Gasteiger partial charge in [0.15, 0.2) is 5.11 Å². The van der Waals surface area contributed by atoms with E-state index in [1.807, 2.05) is 18.3 Å². The Hall–Kier alpha value is -2.66. The number of pyridine rings is 1. The molecular formula is C24H28N4S. The highest BCUT2D eigenvalue weighted by atomic mass is 32.1. The van der Waals surface area contributed by atoms with Crippen LogP contribution in [0.2, 0.25) is 0 Å². The van der Waals surface area contributed by atoms with Gasteiger partial charge in [0.25, 0.3) is 0 Å². The Balaban J connectivity index is 1.82. The van der Waals surface area contributed by atoms with Gasteiger partial charge >= 0.3 is 0 Å². The summed E-state index contributed by atoms with van der Waals surface area (Å²) >= 11 is 5.76. The lowest BCUT2D eigenvalue weighted by Gasteiger charge is -2.30. The first-order valence-electron chi connectivity index (χ1n) is 10.2. The van der Waals surface area contributed by atoms with Crippen LogP contribution in [0.3, 0.4) is 0 Å². The number of aromatic nitrogens is 2. The van der Waals surface area contributed by atoms with Crippen molar-refractivity contribution in [2.45, 2.75) is 39.8 Å². The molecule has 5 heteroatoms. The first-order chi connectivity index (χ1) is 14.0. The van der Waals surface area contributed by atoms with Crippen LogP contribution in [0.15, 0.2) is 60.9 Å². The molecule has 4 rings (SSSR count). The molecule has 0 aliphatic carbocycles. The molecule has 29 heavy (non-hydrogen) atoms. The second-order valence-corrected chi connectivity index (χ2v) is 8.63. The highest BCUT2D eigenvalue weighted by Gasteiger charge is 2.41. The standard InChI is InChI=1S/C24H28N4S/c1-16(2)15-28-23(22(26-24(28)29)20-8-5-6-12-25-20)21-9-7-13-27(21)19-11-10-17(3)18(4)14-19/h5-14,16,22-23H,15H2,1-4H3,(H,26,29)/t22-,23+/m1/s1. The van der Waals surface area contributed by atoms with Crippen LogP contribution in [0, 0.1) is 19.8 Å². The molecule has 1 fully saturated rings. The van der Waals surface area contributed by atoms with Gasteiger partial charge < -0.3 is 14.8 Å². The lowest BCUT2D eigenvalue weighted by atomic mass is 10.00. The molecule has 1 aromatic carbocycles. The maximum absolute atomic E-state index is 5.76. The van der Waals surface area contributed by atoms with E-state index in [-0.39, 0.29) is 12.1 Å². The Labute approximate surface area is 178 Å². The molecule has 0 amide bonds. The Morgan fingerprint density at radius 2 is 1.90 bits per heavy atom. The second-order valence-electron chi connectivity index (χ2n) is 8.24. The molecule has 0 saturated carbocycles. The summed E-state index contributed by atoms with van der Waals surface area (Å²) < 4.78 is 2.29. The molecule has 0 spiro atoms. The quantitative estimate of drug-likeness (QED) is 0.599. The Morgan fingerprint density at radius 3 is 2.59 bits per heavy atom. The summed E-state index contributed by atoms with van der Waals surface area (Å²) in [4.78, 5) is 6.96. The first-order valence-corrected chi connectivity index (χ1v) is 10.6. The summed E-state index contributed by atoms with van der Waals surface area (Å²) in [6.45, 7) is 9.68. The third-order valence-corrected chi connectivity index (χ3v) is 5.96. The van der Waals surface area contributed by atoms with Crippen LogP contribution >= 0.6 is 12.2 Å². The summed E-state index contributed by atoms with van der Waals surface area (Å²) in [7, 11) is 0. The van der Waals surface area contributed by atoms with E-state index < -0.39 is 0 Å². The van der Waals surface area contributed by atoms with Gasteiger partial charge in [0.05, 0.1) is 17.8 Å². The number of hydrogen-bond acceptors (Lipinski definition) is 2. The Kier molecular flexibility index (Phi) is 5.41. The highest BCUT2D eigenvalue weighted by molar-refractivity contribution is 7.80. The van der Waals surface area contributed by atoms with E-state index in [2.05, 4.69) is 90.1 Å². The predicted octanol–water partition coefficient (Wildman–Crippen LogP) is 5.12. The van der Waals surface area contributed by atoms with Gasteiger partial charge in [-0.15, -0.1) is 0 Å². The number of nitrogens with one attached hydrogen (secondary N) is 1. The topological polar surface area (TPSA) is 33.1 Å². The zero-order valence-electron chi connectivity index (χ0n) is 17.5. The van der Waals surface area contributed by atoms with Crippen LogP contribution in [0.1, 0.15) is 48.4 Å². The van der Waals surface area contributed by atoms with Crippen molar-refractivity contribution >= 4 is 17.3 Å². The van der Waals surface area contributed by atoms with Crippen molar-refractivity contribution in [3.05, 3.63) is 83.4 Å². The van der Waals surface area contributed by atoms with Crippen LogP contribution in [0.25, 0.3) is 5.69 Å². The SMILES string of the molecule is Cc1ccc(-n2cccc2[C@H]2[C@@H](c3ccccn3)NC(=S)N2CC(C)C)cc1C. The van der Waals surface area contributed by atoms with E-state index in [4.69, 9.17) is 12.2 Å². The minimum atomic E-state index is 0.0163. The number of thiocarbonyl (C=S) groups is 1. The molecule has 0 unspecified atom stereocenters. The molecule has 150 valence electrons. The van der Waals surface area contributed by atoms with Crippen molar-refractivity contribution in [1.82, 2.24) is 19.8 Å². The number of nitrogens with zero attached hydrogens (tertiary/aromatic N) is 3. The average Bonchev–Trinajstić information content (AvgIpc) is 3.29. The van der Waals surface area contributed by atoms with E-state index in [9.17, 15) is 0 Å². The number of benzene rings is 1. The molecule has 0 bridgehead atoms. The molecule has 1 aliphatic heterocycles. The van der Waals surface area contributed by atoms with Gasteiger partial charge in [-0.3, -0.25) is 4.98 Å². The third-order valence-electron chi connectivity index (χ3n) is 5.61.